The maximum absolute atomic E-state index is 14.3. The lowest BCUT2D eigenvalue weighted by molar-refractivity contribution is 0.567. The van der Waals surface area contributed by atoms with Crippen LogP contribution in [0.15, 0.2) is 36.4 Å². The summed E-state index contributed by atoms with van der Waals surface area (Å²) >= 11 is 0. The van der Waals surface area contributed by atoms with Crippen molar-refractivity contribution < 1.29 is 26.3 Å². The average Bonchev–Trinajstić information content (AvgIpc) is 2.64. The molecule has 3 rings (SSSR count). The van der Waals surface area contributed by atoms with Crippen LogP contribution in [0.25, 0.3) is 0 Å². The van der Waals surface area contributed by atoms with E-state index in [1.165, 1.54) is 13.8 Å². The number of aryl methyl sites for hydroxylation is 1. The highest BCUT2D eigenvalue weighted by Gasteiger charge is 2.11. The quantitative estimate of drug-likeness (QED) is 0.316. The molecule has 0 amide bonds. The van der Waals surface area contributed by atoms with Crippen LogP contribution in [-0.4, -0.2) is 0 Å². The fraction of sp³-hybridized carbons (Fsp3) is 0.0833. The molecule has 0 aliphatic carbocycles. The predicted molar refractivity (Wildman–Crippen MR) is 101 cm³/mol. The zero-order valence-corrected chi connectivity index (χ0v) is 15.7. The number of rotatable bonds is 0. The summed E-state index contributed by atoms with van der Waals surface area (Å²) in [7, 11) is 0. The number of benzene rings is 3. The summed E-state index contributed by atoms with van der Waals surface area (Å²) < 4.78 is 83.3. The number of hydrogen-bond acceptors (Lipinski definition) is 0. The molecule has 6 heteroatoms. The largest absolute Gasteiger partial charge is 0.207 e. The predicted octanol–water partition coefficient (Wildman–Crippen LogP) is 5.94. The third-order valence-corrected chi connectivity index (χ3v) is 4.17. The molecule has 0 saturated heterocycles. The highest BCUT2D eigenvalue weighted by atomic mass is 19.2. The molecule has 0 N–H and O–H groups in total. The Kier molecular flexibility index (Phi) is 5.89. The third-order valence-electron chi connectivity index (χ3n) is 4.17. The smallest absolute Gasteiger partial charge is 0.143 e. The van der Waals surface area contributed by atoms with Gasteiger partial charge in [0.25, 0.3) is 0 Å². The Morgan fingerprint density at radius 3 is 1.20 bits per heavy atom. The molecule has 3 aromatic carbocycles. The van der Waals surface area contributed by atoms with Crippen LogP contribution in [0.5, 0.6) is 0 Å². The van der Waals surface area contributed by atoms with Crippen molar-refractivity contribution >= 4 is 0 Å². The van der Waals surface area contributed by atoms with Gasteiger partial charge in [0.2, 0.25) is 0 Å². The van der Waals surface area contributed by atoms with Crippen molar-refractivity contribution in [2.75, 3.05) is 0 Å². The van der Waals surface area contributed by atoms with Crippen LogP contribution < -0.4 is 0 Å². The van der Waals surface area contributed by atoms with Gasteiger partial charge in [0.15, 0.2) is 0 Å². The standard InChI is InChI=1S/C24H12F6/c1-13-7-21(27)17(22(28)8-13)5-4-16-11-23(29)18(24(30)12-16)6-3-15-9-19(25)14(2)20(26)10-15/h7-12H,1-2H3. The van der Waals surface area contributed by atoms with Crippen LogP contribution in [-0.2, 0) is 0 Å². The Morgan fingerprint density at radius 1 is 0.467 bits per heavy atom. The lowest BCUT2D eigenvalue weighted by atomic mass is 10.1. The van der Waals surface area contributed by atoms with Gasteiger partial charge in [-0.15, -0.1) is 0 Å². The Bertz CT molecular complexity index is 1210. The molecule has 0 aliphatic rings. The summed E-state index contributed by atoms with van der Waals surface area (Å²) in [5.74, 6) is 3.43. The van der Waals surface area contributed by atoms with Gasteiger partial charge in [-0.25, -0.2) is 26.3 Å². The van der Waals surface area contributed by atoms with Crippen molar-refractivity contribution in [1.29, 1.82) is 0 Å². The Hall–Kier alpha value is -3.64. The van der Waals surface area contributed by atoms with Gasteiger partial charge < -0.3 is 0 Å². The molecular formula is C24H12F6. The van der Waals surface area contributed by atoms with E-state index < -0.39 is 46.0 Å². The molecule has 3 aromatic rings. The monoisotopic (exact) mass is 414 g/mol. The van der Waals surface area contributed by atoms with E-state index in [0.29, 0.717) is 5.56 Å². The van der Waals surface area contributed by atoms with Gasteiger partial charge in [0.05, 0.1) is 11.1 Å². The van der Waals surface area contributed by atoms with Crippen LogP contribution in [0, 0.1) is 72.4 Å². The molecule has 0 fully saturated rings. The van der Waals surface area contributed by atoms with E-state index in [0.717, 1.165) is 36.4 Å². The third kappa shape index (κ3) is 4.50. The van der Waals surface area contributed by atoms with Crippen LogP contribution >= 0.6 is 0 Å². The summed E-state index contributed by atoms with van der Waals surface area (Å²) in [5, 5.41) is 0. The van der Waals surface area contributed by atoms with Crippen molar-refractivity contribution in [3.8, 4) is 23.7 Å². The van der Waals surface area contributed by atoms with Crippen LogP contribution in [0.2, 0.25) is 0 Å². The maximum atomic E-state index is 14.3. The first-order chi connectivity index (χ1) is 14.2. The van der Waals surface area contributed by atoms with E-state index in [2.05, 4.69) is 23.7 Å². The van der Waals surface area contributed by atoms with Crippen LogP contribution in [0.4, 0.5) is 26.3 Å². The molecule has 0 aliphatic heterocycles. The van der Waals surface area contributed by atoms with E-state index in [4.69, 9.17) is 0 Å². The fourth-order valence-electron chi connectivity index (χ4n) is 2.57. The van der Waals surface area contributed by atoms with Gasteiger partial charge in [-0.1, -0.05) is 23.7 Å². The molecule has 0 unspecified atom stereocenters. The molecule has 0 saturated carbocycles. The highest BCUT2D eigenvalue weighted by Crippen LogP contribution is 2.17. The normalized spacial score (nSPS) is 10.1. The molecule has 0 radical (unpaired) electrons. The Morgan fingerprint density at radius 2 is 0.800 bits per heavy atom. The molecule has 150 valence electrons. The second kappa shape index (κ2) is 8.39. The topological polar surface area (TPSA) is 0 Å². The van der Waals surface area contributed by atoms with E-state index in [1.54, 1.807) is 0 Å². The summed E-state index contributed by atoms with van der Waals surface area (Å²) in [5.41, 5.74) is -1.24. The Balaban J connectivity index is 1.95. The maximum Gasteiger partial charge on any atom is 0.143 e. The summed E-state index contributed by atoms with van der Waals surface area (Å²) in [6.07, 6.45) is 0. The molecule has 0 nitrogen and oxygen atoms in total. The molecule has 0 heterocycles. The van der Waals surface area contributed by atoms with Crippen LogP contribution in [0.1, 0.15) is 33.4 Å². The van der Waals surface area contributed by atoms with E-state index in [9.17, 15) is 26.3 Å². The van der Waals surface area contributed by atoms with Gasteiger partial charge >= 0.3 is 0 Å². The minimum absolute atomic E-state index is 0.0939. The molecule has 0 aromatic heterocycles. The fourth-order valence-corrected chi connectivity index (χ4v) is 2.57. The first-order valence-corrected chi connectivity index (χ1v) is 8.60. The molecule has 0 atom stereocenters. The van der Waals surface area contributed by atoms with Crippen molar-refractivity contribution in [2.24, 2.45) is 0 Å². The average molecular weight is 414 g/mol. The second-order valence-corrected chi connectivity index (χ2v) is 6.48. The molecule has 0 spiro atoms. The minimum atomic E-state index is -1.08. The summed E-state index contributed by atoms with van der Waals surface area (Å²) in [6, 6.07) is 5.77. The van der Waals surface area contributed by atoms with Gasteiger partial charge in [-0.3, -0.25) is 0 Å². The second-order valence-electron chi connectivity index (χ2n) is 6.48. The zero-order valence-electron chi connectivity index (χ0n) is 15.7. The molecular weight excluding hydrogens is 402 g/mol. The van der Waals surface area contributed by atoms with Crippen molar-refractivity contribution in [3.63, 3.8) is 0 Å². The Labute approximate surface area is 169 Å². The summed E-state index contributed by atoms with van der Waals surface area (Å²) in [4.78, 5) is 0. The number of halogens is 6. The molecule has 0 bridgehead atoms. The first-order valence-electron chi connectivity index (χ1n) is 8.60. The minimum Gasteiger partial charge on any atom is -0.207 e. The van der Waals surface area contributed by atoms with Crippen LogP contribution in [0.3, 0.4) is 0 Å². The lowest BCUT2D eigenvalue weighted by Gasteiger charge is -2.01. The lowest BCUT2D eigenvalue weighted by Crippen LogP contribution is -1.94. The van der Waals surface area contributed by atoms with Gasteiger partial charge in [0, 0.05) is 16.7 Å². The van der Waals surface area contributed by atoms with E-state index in [-0.39, 0.29) is 16.7 Å². The van der Waals surface area contributed by atoms with Crippen molar-refractivity contribution in [1.82, 2.24) is 0 Å². The molecule has 30 heavy (non-hydrogen) atoms. The summed E-state index contributed by atoms with van der Waals surface area (Å²) in [6.45, 7) is 2.75. The SMILES string of the molecule is Cc1cc(F)c(C#Cc2cc(F)c(C#Cc3cc(F)c(C)c(F)c3)c(F)c2)c(F)c1. The zero-order chi connectivity index (χ0) is 22.0. The van der Waals surface area contributed by atoms with Gasteiger partial charge in [-0.05, 0) is 55.8 Å². The van der Waals surface area contributed by atoms with Crippen molar-refractivity contribution in [2.45, 2.75) is 13.8 Å². The van der Waals surface area contributed by atoms with E-state index in [1.807, 2.05) is 0 Å². The van der Waals surface area contributed by atoms with Gasteiger partial charge in [-0.2, -0.15) is 0 Å². The highest BCUT2D eigenvalue weighted by molar-refractivity contribution is 5.50. The van der Waals surface area contributed by atoms with Crippen molar-refractivity contribution in [3.05, 3.63) is 105 Å². The van der Waals surface area contributed by atoms with E-state index >= 15 is 0 Å². The first kappa shape index (κ1) is 21.1. The van der Waals surface area contributed by atoms with Gasteiger partial charge in [0.1, 0.15) is 34.9 Å². The number of hydrogen-bond donors (Lipinski definition) is 0.